The minimum atomic E-state index is -3.10. The molecule has 1 aliphatic rings. The average Bonchev–Trinajstić information content (AvgIpc) is 2.38. The Labute approximate surface area is 121 Å². The molecule has 1 heterocycles. The number of rotatable bonds is 7. The smallest absolute Gasteiger partial charge is 0.323 e. The Balaban J connectivity index is 2.49. The summed E-state index contributed by atoms with van der Waals surface area (Å²) in [5.41, 5.74) is 0. The van der Waals surface area contributed by atoms with Gasteiger partial charge in [0, 0.05) is 19.1 Å². The Hall–Kier alpha value is -0.660. The maximum absolute atomic E-state index is 11.8. The molecule has 0 bridgehead atoms. The Morgan fingerprint density at radius 3 is 2.40 bits per heavy atom. The lowest BCUT2D eigenvalue weighted by Crippen LogP contribution is -2.50. The van der Waals surface area contributed by atoms with Crippen LogP contribution in [0, 0.1) is 0 Å². The minimum absolute atomic E-state index is 0.175. The monoisotopic (exact) mass is 306 g/mol. The van der Waals surface area contributed by atoms with Crippen LogP contribution in [0.2, 0.25) is 0 Å². The summed E-state index contributed by atoms with van der Waals surface area (Å²) in [6, 6.07) is -0.108. The third kappa shape index (κ3) is 5.38. The van der Waals surface area contributed by atoms with Gasteiger partial charge in [0.1, 0.15) is 6.04 Å². The van der Waals surface area contributed by atoms with E-state index in [9.17, 15) is 13.2 Å². The van der Waals surface area contributed by atoms with Gasteiger partial charge in [0.15, 0.2) is 0 Å². The van der Waals surface area contributed by atoms with Gasteiger partial charge in [-0.1, -0.05) is 13.3 Å². The van der Waals surface area contributed by atoms with Gasteiger partial charge in [0.2, 0.25) is 10.0 Å². The zero-order valence-electron chi connectivity index (χ0n) is 12.6. The molecule has 0 saturated carbocycles. The topological polar surface area (TPSA) is 75.7 Å². The normalized spacial score (nSPS) is 19.8. The van der Waals surface area contributed by atoms with Crippen molar-refractivity contribution in [2.45, 2.75) is 51.6 Å². The molecule has 118 valence electrons. The molecule has 0 amide bonds. The Bertz CT molecular complexity index is 403. The molecule has 0 aliphatic carbocycles. The highest BCUT2D eigenvalue weighted by atomic mass is 32.2. The average molecular weight is 306 g/mol. The summed E-state index contributed by atoms with van der Waals surface area (Å²) in [5, 5.41) is 3.32. The highest BCUT2D eigenvalue weighted by Crippen LogP contribution is 2.15. The lowest BCUT2D eigenvalue weighted by Gasteiger charge is -2.32. The number of esters is 1. The van der Waals surface area contributed by atoms with Crippen LogP contribution in [0.25, 0.3) is 0 Å². The third-order valence-electron chi connectivity index (χ3n) is 3.51. The van der Waals surface area contributed by atoms with Gasteiger partial charge in [-0.2, -0.15) is 0 Å². The van der Waals surface area contributed by atoms with E-state index in [1.165, 1.54) is 10.6 Å². The lowest BCUT2D eigenvalue weighted by atomic mass is 10.0. The second kappa shape index (κ2) is 7.95. The molecule has 1 fully saturated rings. The summed E-state index contributed by atoms with van der Waals surface area (Å²) in [6.45, 7) is 5.23. The molecule has 1 saturated heterocycles. The van der Waals surface area contributed by atoms with Gasteiger partial charge < -0.3 is 10.1 Å². The quantitative estimate of drug-likeness (QED) is 0.702. The van der Waals surface area contributed by atoms with E-state index in [-0.39, 0.29) is 18.1 Å². The van der Waals surface area contributed by atoms with Crippen LogP contribution in [-0.2, 0) is 19.6 Å². The van der Waals surface area contributed by atoms with Crippen LogP contribution in [0.1, 0.15) is 39.5 Å². The molecule has 20 heavy (non-hydrogen) atoms. The summed E-state index contributed by atoms with van der Waals surface area (Å²) in [4.78, 5) is 11.8. The van der Waals surface area contributed by atoms with Gasteiger partial charge in [-0.05, 0) is 26.2 Å². The molecule has 1 atom stereocenters. The zero-order valence-corrected chi connectivity index (χ0v) is 13.4. The van der Waals surface area contributed by atoms with E-state index in [1.807, 2.05) is 6.92 Å². The van der Waals surface area contributed by atoms with Gasteiger partial charge >= 0.3 is 5.97 Å². The van der Waals surface area contributed by atoms with Crippen LogP contribution in [0.3, 0.4) is 0 Å². The predicted molar refractivity (Wildman–Crippen MR) is 77.9 cm³/mol. The Kier molecular flexibility index (Phi) is 6.91. The molecular weight excluding hydrogens is 280 g/mol. The molecule has 0 aromatic heterocycles. The SMILES string of the molecule is CCCC(NC1CCN(S(C)(=O)=O)CC1)C(=O)OCC. The van der Waals surface area contributed by atoms with Crippen molar-refractivity contribution < 1.29 is 17.9 Å². The minimum Gasteiger partial charge on any atom is -0.465 e. The molecule has 0 radical (unpaired) electrons. The highest BCUT2D eigenvalue weighted by molar-refractivity contribution is 7.88. The van der Waals surface area contributed by atoms with Crippen LogP contribution in [0.5, 0.6) is 0 Å². The summed E-state index contributed by atoms with van der Waals surface area (Å²) in [7, 11) is -3.10. The summed E-state index contributed by atoms with van der Waals surface area (Å²) >= 11 is 0. The molecule has 0 aromatic carbocycles. The van der Waals surface area contributed by atoms with Crippen LogP contribution >= 0.6 is 0 Å². The number of ether oxygens (including phenoxy) is 1. The first-order chi connectivity index (χ1) is 9.38. The molecule has 1 unspecified atom stereocenters. The first-order valence-electron chi connectivity index (χ1n) is 7.26. The van der Waals surface area contributed by atoms with Crippen molar-refractivity contribution in [1.82, 2.24) is 9.62 Å². The van der Waals surface area contributed by atoms with Crippen LogP contribution in [0.4, 0.5) is 0 Å². The summed E-state index contributed by atoms with van der Waals surface area (Å²) in [5.74, 6) is -0.208. The fraction of sp³-hybridized carbons (Fsp3) is 0.923. The predicted octanol–water partition coefficient (Wildman–Crippen LogP) is 0.732. The van der Waals surface area contributed by atoms with Crippen LogP contribution < -0.4 is 5.32 Å². The van der Waals surface area contributed by atoms with Gasteiger partial charge in [-0.15, -0.1) is 0 Å². The maximum Gasteiger partial charge on any atom is 0.323 e. The number of sulfonamides is 1. The largest absolute Gasteiger partial charge is 0.465 e. The van der Waals surface area contributed by atoms with Crippen LogP contribution in [0.15, 0.2) is 0 Å². The fourth-order valence-electron chi connectivity index (χ4n) is 2.44. The Morgan fingerprint density at radius 1 is 1.35 bits per heavy atom. The molecule has 0 spiro atoms. The van der Waals surface area contributed by atoms with E-state index in [0.717, 1.165) is 25.7 Å². The van der Waals surface area contributed by atoms with Gasteiger partial charge in [0.25, 0.3) is 0 Å². The molecule has 1 rings (SSSR count). The Morgan fingerprint density at radius 2 is 1.95 bits per heavy atom. The van der Waals surface area contributed by atoms with Crippen LogP contribution in [-0.4, -0.2) is 56.7 Å². The molecule has 1 N–H and O–H groups in total. The highest BCUT2D eigenvalue weighted by Gasteiger charge is 2.28. The second-order valence-electron chi connectivity index (χ2n) is 5.20. The van der Waals surface area contributed by atoms with Crippen molar-refractivity contribution in [3.8, 4) is 0 Å². The number of piperidine rings is 1. The van der Waals surface area contributed by atoms with Crippen molar-refractivity contribution >= 4 is 16.0 Å². The van der Waals surface area contributed by atoms with E-state index in [0.29, 0.717) is 19.7 Å². The molecule has 6 nitrogen and oxygen atoms in total. The second-order valence-corrected chi connectivity index (χ2v) is 7.18. The van der Waals surface area contributed by atoms with Gasteiger partial charge in [-0.3, -0.25) is 4.79 Å². The van der Waals surface area contributed by atoms with Crippen molar-refractivity contribution in [3.63, 3.8) is 0 Å². The number of hydrogen-bond donors (Lipinski definition) is 1. The standard InChI is InChI=1S/C13H26N2O4S/c1-4-6-12(13(16)19-5-2)14-11-7-9-15(10-8-11)20(3,17)18/h11-12,14H,4-10H2,1-3H3. The lowest BCUT2D eigenvalue weighted by molar-refractivity contribution is -0.146. The van der Waals surface area contributed by atoms with Crippen molar-refractivity contribution in [3.05, 3.63) is 0 Å². The van der Waals surface area contributed by atoms with Crippen molar-refractivity contribution in [2.75, 3.05) is 26.0 Å². The molecule has 7 heteroatoms. The third-order valence-corrected chi connectivity index (χ3v) is 4.81. The number of nitrogens with one attached hydrogen (secondary N) is 1. The molecule has 0 aromatic rings. The number of carbonyl (C=O) groups is 1. The zero-order chi connectivity index (χ0) is 15.2. The van der Waals surface area contributed by atoms with E-state index in [1.54, 1.807) is 6.92 Å². The van der Waals surface area contributed by atoms with E-state index < -0.39 is 10.0 Å². The van der Waals surface area contributed by atoms with Crippen molar-refractivity contribution in [2.24, 2.45) is 0 Å². The molecular formula is C13H26N2O4S. The number of nitrogens with zero attached hydrogens (tertiary/aromatic N) is 1. The van der Waals surface area contributed by atoms with E-state index in [2.05, 4.69) is 5.32 Å². The first-order valence-corrected chi connectivity index (χ1v) is 9.11. The maximum atomic E-state index is 11.8. The van der Waals surface area contributed by atoms with E-state index in [4.69, 9.17) is 4.74 Å². The fourth-order valence-corrected chi connectivity index (χ4v) is 3.31. The summed E-state index contributed by atoms with van der Waals surface area (Å²) in [6.07, 6.45) is 4.34. The van der Waals surface area contributed by atoms with Gasteiger partial charge in [0.05, 0.1) is 12.9 Å². The van der Waals surface area contributed by atoms with E-state index >= 15 is 0 Å². The number of hydrogen-bond acceptors (Lipinski definition) is 5. The summed E-state index contributed by atoms with van der Waals surface area (Å²) < 4.78 is 29.4. The van der Waals surface area contributed by atoms with Crippen molar-refractivity contribution in [1.29, 1.82) is 0 Å². The number of carbonyl (C=O) groups excluding carboxylic acids is 1. The van der Waals surface area contributed by atoms with Gasteiger partial charge in [-0.25, -0.2) is 12.7 Å². The first kappa shape index (κ1) is 17.4. The molecule has 1 aliphatic heterocycles.